The number of aliphatic hydroxyl groups excluding tert-OH is 1. The van der Waals surface area contributed by atoms with Gasteiger partial charge < -0.3 is 9.84 Å². The Morgan fingerprint density at radius 1 is 1.40 bits per heavy atom. The van der Waals surface area contributed by atoms with Crippen molar-refractivity contribution in [3.8, 4) is 0 Å². The summed E-state index contributed by atoms with van der Waals surface area (Å²) in [5, 5.41) is 15.6. The predicted octanol–water partition coefficient (Wildman–Crippen LogP) is 3.68. The summed E-state index contributed by atoms with van der Waals surface area (Å²) >= 11 is 15.6. The highest BCUT2D eigenvalue weighted by Gasteiger charge is 2.22. The molecule has 1 N–H and O–H groups in total. The van der Waals surface area contributed by atoms with Crippen molar-refractivity contribution in [3.05, 3.63) is 50.2 Å². The van der Waals surface area contributed by atoms with Crippen LogP contribution in [0.1, 0.15) is 17.4 Å². The summed E-state index contributed by atoms with van der Waals surface area (Å²) in [6.07, 6.45) is 0.550. The standard InChI is InChI=1S/C13H13BrCl2N2O2/c1-20-5-4-18-12(11(16)7-17-18)13(19)9-6-8(14)2-3-10(9)15/h2-3,6-7,13,19H,4-5H2,1H3. The third-order valence-corrected chi connectivity index (χ3v) is 3.98. The van der Waals surface area contributed by atoms with Crippen molar-refractivity contribution >= 4 is 39.1 Å². The fourth-order valence-electron chi connectivity index (χ4n) is 1.87. The lowest BCUT2D eigenvalue weighted by Crippen LogP contribution is -2.14. The molecule has 0 aliphatic carbocycles. The van der Waals surface area contributed by atoms with Gasteiger partial charge in [0.25, 0.3) is 0 Å². The second kappa shape index (κ2) is 6.91. The van der Waals surface area contributed by atoms with E-state index in [0.29, 0.717) is 34.5 Å². The highest BCUT2D eigenvalue weighted by Crippen LogP contribution is 2.33. The number of nitrogens with zero attached hydrogens (tertiary/aromatic N) is 2. The van der Waals surface area contributed by atoms with Crippen LogP contribution in [0.3, 0.4) is 0 Å². The van der Waals surface area contributed by atoms with E-state index in [1.807, 2.05) is 6.07 Å². The molecule has 4 nitrogen and oxygen atoms in total. The minimum absolute atomic E-state index is 0.393. The van der Waals surface area contributed by atoms with E-state index < -0.39 is 6.10 Å². The molecule has 1 unspecified atom stereocenters. The van der Waals surface area contributed by atoms with Crippen molar-refractivity contribution in [2.45, 2.75) is 12.6 Å². The van der Waals surface area contributed by atoms with Gasteiger partial charge in [-0.3, -0.25) is 4.68 Å². The average Bonchev–Trinajstić information content (AvgIpc) is 2.79. The number of hydrogen-bond donors (Lipinski definition) is 1. The molecule has 7 heteroatoms. The number of ether oxygens (including phenoxy) is 1. The molecule has 20 heavy (non-hydrogen) atoms. The summed E-state index contributed by atoms with van der Waals surface area (Å²) in [5.41, 5.74) is 1.07. The Kier molecular flexibility index (Phi) is 5.46. The van der Waals surface area contributed by atoms with Crippen molar-refractivity contribution in [2.75, 3.05) is 13.7 Å². The second-order valence-electron chi connectivity index (χ2n) is 4.16. The Morgan fingerprint density at radius 2 is 2.15 bits per heavy atom. The van der Waals surface area contributed by atoms with Crippen LogP contribution in [-0.4, -0.2) is 28.6 Å². The normalized spacial score (nSPS) is 12.7. The molecular formula is C13H13BrCl2N2O2. The summed E-state index contributed by atoms with van der Waals surface area (Å²) in [4.78, 5) is 0. The summed E-state index contributed by atoms with van der Waals surface area (Å²) in [5.74, 6) is 0. The van der Waals surface area contributed by atoms with Crippen LogP contribution in [0.5, 0.6) is 0 Å². The third kappa shape index (κ3) is 3.35. The van der Waals surface area contributed by atoms with E-state index in [2.05, 4.69) is 21.0 Å². The first-order valence-electron chi connectivity index (χ1n) is 5.87. The molecule has 0 aliphatic rings. The molecule has 1 aromatic carbocycles. The third-order valence-electron chi connectivity index (χ3n) is 2.85. The first-order chi connectivity index (χ1) is 9.54. The van der Waals surface area contributed by atoms with Gasteiger partial charge in [0.15, 0.2) is 0 Å². The second-order valence-corrected chi connectivity index (χ2v) is 5.89. The summed E-state index contributed by atoms with van der Waals surface area (Å²) in [6.45, 7) is 0.977. The number of benzene rings is 1. The fraction of sp³-hybridized carbons (Fsp3) is 0.308. The Balaban J connectivity index is 2.39. The van der Waals surface area contributed by atoms with Gasteiger partial charge in [0.1, 0.15) is 6.10 Å². The smallest absolute Gasteiger partial charge is 0.124 e. The Labute approximate surface area is 135 Å². The molecule has 1 atom stereocenters. The zero-order valence-corrected chi connectivity index (χ0v) is 13.8. The van der Waals surface area contributed by atoms with Crippen molar-refractivity contribution in [3.63, 3.8) is 0 Å². The summed E-state index contributed by atoms with van der Waals surface area (Å²) in [6, 6.07) is 5.29. The van der Waals surface area contributed by atoms with Crippen molar-refractivity contribution in [2.24, 2.45) is 0 Å². The van der Waals surface area contributed by atoms with Gasteiger partial charge in [-0.1, -0.05) is 39.1 Å². The van der Waals surface area contributed by atoms with Gasteiger partial charge in [-0.15, -0.1) is 0 Å². The molecule has 0 radical (unpaired) electrons. The minimum Gasteiger partial charge on any atom is -0.383 e. The number of aromatic nitrogens is 2. The lowest BCUT2D eigenvalue weighted by atomic mass is 10.1. The van der Waals surface area contributed by atoms with E-state index in [1.54, 1.807) is 23.9 Å². The van der Waals surface area contributed by atoms with Crippen LogP contribution in [0.2, 0.25) is 10.0 Å². The van der Waals surface area contributed by atoms with Crippen LogP contribution in [0.25, 0.3) is 0 Å². The molecule has 0 amide bonds. The van der Waals surface area contributed by atoms with Crippen LogP contribution in [0.15, 0.2) is 28.9 Å². The van der Waals surface area contributed by atoms with Crippen molar-refractivity contribution in [1.29, 1.82) is 0 Å². The zero-order valence-electron chi connectivity index (χ0n) is 10.7. The Bertz CT molecular complexity index is 604. The number of methoxy groups -OCH3 is 1. The maximum Gasteiger partial charge on any atom is 0.124 e. The number of rotatable bonds is 5. The SMILES string of the molecule is COCCn1ncc(Cl)c1C(O)c1cc(Br)ccc1Cl. The molecule has 0 aliphatic heterocycles. The monoisotopic (exact) mass is 378 g/mol. The zero-order chi connectivity index (χ0) is 14.7. The number of halogens is 3. The van der Waals surface area contributed by atoms with E-state index in [0.717, 1.165) is 4.47 Å². The van der Waals surface area contributed by atoms with Gasteiger partial charge in [0.05, 0.1) is 30.1 Å². The van der Waals surface area contributed by atoms with E-state index in [-0.39, 0.29) is 0 Å². The van der Waals surface area contributed by atoms with E-state index in [1.165, 1.54) is 6.20 Å². The van der Waals surface area contributed by atoms with Gasteiger partial charge in [0, 0.05) is 22.2 Å². The van der Waals surface area contributed by atoms with E-state index in [9.17, 15) is 5.11 Å². The van der Waals surface area contributed by atoms with Gasteiger partial charge in [0.2, 0.25) is 0 Å². The summed E-state index contributed by atoms with van der Waals surface area (Å²) in [7, 11) is 1.60. The molecule has 0 saturated heterocycles. The van der Waals surface area contributed by atoms with Crippen LogP contribution in [0, 0.1) is 0 Å². The summed E-state index contributed by atoms with van der Waals surface area (Å²) < 4.78 is 7.47. The van der Waals surface area contributed by atoms with Crippen LogP contribution in [-0.2, 0) is 11.3 Å². The predicted molar refractivity (Wildman–Crippen MR) is 82.3 cm³/mol. The van der Waals surface area contributed by atoms with Crippen molar-refractivity contribution in [1.82, 2.24) is 9.78 Å². The molecule has 0 spiro atoms. The molecule has 0 fully saturated rings. The number of aliphatic hydroxyl groups is 1. The molecule has 1 heterocycles. The average molecular weight is 380 g/mol. The molecular weight excluding hydrogens is 367 g/mol. The molecule has 108 valence electrons. The lowest BCUT2D eigenvalue weighted by molar-refractivity contribution is 0.171. The van der Waals surface area contributed by atoms with Crippen molar-refractivity contribution < 1.29 is 9.84 Å². The quantitative estimate of drug-likeness (QED) is 0.861. The number of hydrogen-bond acceptors (Lipinski definition) is 3. The van der Waals surface area contributed by atoms with Gasteiger partial charge in [-0.25, -0.2) is 0 Å². The fourth-order valence-corrected chi connectivity index (χ4v) is 2.72. The molecule has 0 bridgehead atoms. The first kappa shape index (κ1) is 15.8. The largest absolute Gasteiger partial charge is 0.383 e. The highest BCUT2D eigenvalue weighted by atomic mass is 79.9. The Morgan fingerprint density at radius 3 is 2.85 bits per heavy atom. The topological polar surface area (TPSA) is 47.3 Å². The van der Waals surface area contributed by atoms with Crippen LogP contribution >= 0.6 is 39.1 Å². The molecule has 2 aromatic rings. The highest BCUT2D eigenvalue weighted by molar-refractivity contribution is 9.10. The van der Waals surface area contributed by atoms with E-state index >= 15 is 0 Å². The Hall–Kier alpha value is -0.590. The molecule has 2 rings (SSSR count). The van der Waals surface area contributed by atoms with Gasteiger partial charge >= 0.3 is 0 Å². The van der Waals surface area contributed by atoms with Gasteiger partial charge in [-0.05, 0) is 18.2 Å². The maximum absolute atomic E-state index is 10.6. The van der Waals surface area contributed by atoms with E-state index in [4.69, 9.17) is 27.9 Å². The first-order valence-corrected chi connectivity index (χ1v) is 7.42. The van der Waals surface area contributed by atoms with Crippen LogP contribution < -0.4 is 0 Å². The lowest BCUT2D eigenvalue weighted by Gasteiger charge is -2.16. The van der Waals surface area contributed by atoms with Gasteiger partial charge in [-0.2, -0.15) is 5.10 Å². The molecule has 1 aromatic heterocycles. The minimum atomic E-state index is -0.952. The maximum atomic E-state index is 10.6. The molecule has 0 saturated carbocycles. The van der Waals surface area contributed by atoms with Crippen LogP contribution in [0.4, 0.5) is 0 Å².